The maximum Gasteiger partial charge on any atom is 0.225 e. The Hall–Kier alpha value is -2.63. The molecule has 6 nitrogen and oxygen atoms in total. The van der Waals surface area contributed by atoms with Gasteiger partial charge in [0.05, 0.1) is 5.92 Å². The Morgan fingerprint density at radius 3 is 2.63 bits per heavy atom. The number of anilines is 2. The molecule has 2 aromatic rings. The number of rotatable bonds is 7. The molecule has 1 fully saturated rings. The van der Waals surface area contributed by atoms with Gasteiger partial charge in [0.1, 0.15) is 0 Å². The van der Waals surface area contributed by atoms with Gasteiger partial charge in [-0.3, -0.25) is 4.79 Å². The normalized spacial score (nSPS) is 18.2. The molecule has 0 radical (unpaired) electrons. The van der Waals surface area contributed by atoms with Gasteiger partial charge in [-0.25, -0.2) is 9.97 Å². The van der Waals surface area contributed by atoms with E-state index in [1.807, 2.05) is 24.3 Å². The first-order chi connectivity index (χ1) is 13.1. The van der Waals surface area contributed by atoms with E-state index in [4.69, 9.17) is 0 Å². The number of carbonyl (C=O) groups excluding carboxylic acids is 1. The zero-order valence-electron chi connectivity index (χ0n) is 16.1. The van der Waals surface area contributed by atoms with Crippen LogP contribution in [0.1, 0.15) is 26.7 Å². The first kappa shape index (κ1) is 19.1. The van der Waals surface area contributed by atoms with Crippen molar-refractivity contribution < 1.29 is 4.79 Å². The molecule has 2 unspecified atom stereocenters. The zero-order chi connectivity index (χ0) is 19.1. The Labute approximate surface area is 161 Å². The lowest BCUT2D eigenvalue weighted by atomic mass is 9.96. The van der Waals surface area contributed by atoms with E-state index < -0.39 is 0 Å². The van der Waals surface area contributed by atoms with Crippen LogP contribution in [0.3, 0.4) is 0 Å². The van der Waals surface area contributed by atoms with E-state index >= 15 is 0 Å². The van der Waals surface area contributed by atoms with Gasteiger partial charge in [0, 0.05) is 43.8 Å². The molecular formula is C21H29N5O. The number of piperidine rings is 1. The molecule has 2 N–H and O–H groups in total. The number of carbonyl (C=O) groups is 1. The average molecular weight is 367 g/mol. The van der Waals surface area contributed by atoms with Gasteiger partial charge < -0.3 is 15.5 Å². The molecule has 2 atom stereocenters. The second-order valence-corrected chi connectivity index (χ2v) is 7.44. The molecule has 0 saturated carbocycles. The summed E-state index contributed by atoms with van der Waals surface area (Å²) in [5.41, 5.74) is 1.08. The molecule has 144 valence electrons. The average Bonchev–Trinajstić information content (AvgIpc) is 2.72. The molecule has 1 saturated heterocycles. The maximum atomic E-state index is 12.7. The topological polar surface area (TPSA) is 70.2 Å². The van der Waals surface area contributed by atoms with Gasteiger partial charge in [-0.05, 0) is 37.0 Å². The van der Waals surface area contributed by atoms with E-state index in [1.54, 1.807) is 12.4 Å². The van der Waals surface area contributed by atoms with Crippen molar-refractivity contribution in [2.75, 3.05) is 29.9 Å². The number of nitrogens with zero attached hydrogens (tertiary/aromatic N) is 3. The summed E-state index contributed by atoms with van der Waals surface area (Å²) < 4.78 is 0. The van der Waals surface area contributed by atoms with Gasteiger partial charge in [-0.2, -0.15) is 0 Å². The van der Waals surface area contributed by atoms with E-state index in [0.29, 0.717) is 25.0 Å². The Bertz CT molecular complexity index is 707. The number of hydrogen-bond acceptors (Lipinski definition) is 5. The molecule has 6 heteroatoms. The molecule has 1 aromatic carbocycles. The molecule has 27 heavy (non-hydrogen) atoms. The molecule has 1 aromatic heterocycles. The van der Waals surface area contributed by atoms with Crippen LogP contribution >= 0.6 is 0 Å². The van der Waals surface area contributed by atoms with Crippen molar-refractivity contribution in [1.29, 1.82) is 0 Å². The fourth-order valence-corrected chi connectivity index (χ4v) is 3.38. The van der Waals surface area contributed by atoms with Crippen LogP contribution < -0.4 is 15.5 Å². The van der Waals surface area contributed by atoms with Crippen molar-refractivity contribution in [1.82, 2.24) is 15.3 Å². The third-order valence-corrected chi connectivity index (χ3v) is 5.05. The monoisotopic (exact) mass is 367 g/mol. The van der Waals surface area contributed by atoms with Gasteiger partial charge in [-0.15, -0.1) is 0 Å². The van der Waals surface area contributed by atoms with Crippen LogP contribution in [-0.4, -0.2) is 41.6 Å². The van der Waals surface area contributed by atoms with Crippen molar-refractivity contribution >= 4 is 17.5 Å². The van der Waals surface area contributed by atoms with E-state index in [-0.39, 0.29) is 17.9 Å². The minimum Gasteiger partial charge on any atom is -0.380 e. The van der Waals surface area contributed by atoms with Crippen LogP contribution in [0.15, 0.2) is 48.8 Å². The smallest absolute Gasteiger partial charge is 0.225 e. The predicted molar refractivity (Wildman–Crippen MR) is 109 cm³/mol. The molecular weight excluding hydrogens is 338 g/mol. The fraction of sp³-hybridized carbons (Fsp3) is 0.476. The summed E-state index contributed by atoms with van der Waals surface area (Å²) in [7, 11) is 0. The van der Waals surface area contributed by atoms with Gasteiger partial charge >= 0.3 is 0 Å². The van der Waals surface area contributed by atoms with E-state index in [2.05, 4.69) is 51.5 Å². The first-order valence-electron chi connectivity index (χ1n) is 9.74. The standard InChI is InChI=1S/C21H29N5O/c1-16(2)19(25-18-9-4-3-5-10-18)14-24-20(27)17-8-6-13-26(15-17)21-22-11-7-12-23-21/h3-5,7,9-12,16-17,19,25H,6,8,13-15H2,1-2H3,(H,24,27). The Morgan fingerprint density at radius 1 is 1.19 bits per heavy atom. The third kappa shape index (κ3) is 5.42. The second-order valence-electron chi connectivity index (χ2n) is 7.44. The summed E-state index contributed by atoms with van der Waals surface area (Å²) in [6.45, 7) is 6.53. The summed E-state index contributed by atoms with van der Waals surface area (Å²) in [4.78, 5) is 23.5. The molecule has 2 heterocycles. The van der Waals surface area contributed by atoms with Crippen molar-refractivity contribution in [3.8, 4) is 0 Å². The Morgan fingerprint density at radius 2 is 1.93 bits per heavy atom. The first-order valence-corrected chi connectivity index (χ1v) is 9.74. The lowest BCUT2D eigenvalue weighted by Crippen LogP contribution is -2.47. The van der Waals surface area contributed by atoms with Crippen LogP contribution in [0, 0.1) is 11.8 Å². The van der Waals surface area contributed by atoms with Crippen molar-refractivity contribution in [3.63, 3.8) is 0 Å². The van der Waals surface area contributed by atoms with E-state index in [1.165, 1.54) is 0 Å². The fourth-order valence-electron chi connectivity index (χ4n) is 3.38. The van der Waals surface area contributed by atoms with Crippen LogP contribution in [0.5, 0.6) is 0 Å². The molecule has 0 spiro atoms. The molecule has 0 aliphatic carbocycles. The number of aromatic nitrogens is 2. The van der Waals surface area contributed by atoms with Gasteiger partial charge in [0.15, 0.2) is 0 Å². The summed E-state index contributed by atoms with van der Waals surface area (Å²) in [6, 6.07) is 12.1. The summed E-state index contributed by atoms with van der Waals surface area (Å²) in [6.07, 6.45) is 5.38. The van der Waals surface area contributed by atoms with Gasteiger partial charge in [0.2, 0.25) is 11.9 Å². The minimum atomic E-state index is -0.0212. The predicted octanol–water partition coefficient (Wildman–Crippen LogP) is 2.95. The van der Waals surface area contributed by atoms with Gasteiger partial charge in [-0.1, -0.05) is 32.0 Å². The lowest BCUT2D eigenvalue weighted by molar-refractivity contribution is -0.125. The lowest BCUT2D eigenvalue weighted by Gasteiger charge is -2.32. The van der Waals surface area contributed by atoms with Crippen LogP contribution in [0.25, 0.3) is 0 Å². The SMILES string of the molecule is CC(C)C(CNC(=O)C1CCCN(c2ncccn2)C1)Nc1ccccc1. The molecule has 0 bridgehead atoms. The van der Waals surface area contributed by atoms with Crippen molar-refractivity contribution in [2.24, 2.45) is 11.8 Å². The largest absolute Gasteiger partial charge is 0.380 e. The van der Waals surface area contributed by atoms with Crippen LogP contribution in [0.2, 0.25) is 0 Å². The molecule has 1 aliphatic heterocycles. The number of amides is 1. The highest BCUT2D eigenvalue weighted by atomic mass is 16.1. The second kappa shape index (κ2) is 9.35. The highest BCUT2D eigenvalue weighted by molar-refractivity contribution is 5.79. The molecule has 1 amide bonds. The molecule has 1 aliphatic rings. The zero-order valence-corrected chi connectivity index (χ0v) is 16.1. The number of hydrogen-bond donors (Lipinski definition) is 2. The summed E-state index contributed by atoms with van der Waals surface area (Å²) in [5, 5.41) is 6.68. The van der Waals surface area contributed by atoms with Crippen LogP contribution in [-0.2, 0) is 4.79 Å². The molecule has 3 rings (SSSR count). The Kier molecular flexibility index (Phi) is 6.63. The van der Waals surface area contributed by atoms with Crippen molar-refractivity contribution in [2.45, 2.75) is 32.7 Å². The summed E-state index contributed by atoms with van der Waals surface area (Å²) in [5.74, 6) is 1.22. The van der Waals surface area contributed by atoms with Crippen molar-refractivity contribution in [3.05, 3.63) is 48.8 Å². The Balaban J connectivity index is 1.54. The highest BCUT2D eigenvalue weighted by Gasteiger charge is 2.27. The van der Waals surface area contributed by atoms with E-state index in [9.17, 15) is 4.79 Å². The number of nitrogens with one attached hydrogen (secondary N) is 2. The minimum absolute atomic E-state index is 0.0212. The maximum absolute atomic E-state index is 12.7. The highest BCUT2D eigenvalue weighted by Crippen LogP contribution is 2.20. The quantitative estimate of drug-likeness (QED) is 0.787. The van der Waals surface area contributed by atoms with Gasteiger partial charge in [0.25, 0.3) is 0 Å². The van der Waals surface area contributed by atoms with E-state index in [0.717, 1.165) is 25.1 Å². The third-order valence-electron chi connectivity index (χ3n) is 5.05. The summed E-state index contributed by atoms with van der Waals surface area (Å²) >= 11 is 0. The number of para-hydroxylation sites is 1. The number of benzene rings is 1. The van der Waals surface area contributed by atoms with Crippen LogP contribution in [0.4, 0.5) is 11.6 Å².